The van der Waals surface area contributed by atoms with Crippen LogP contribution in [0, 0.1) is 17.8 Å². The summed E-state index contributed by atoms with van der Waals surface area (Å²) in [7, 11) is 1.71. The molecule has 4 heterocycles. The lowest BCUT2D eigenvalue weighted by molar-refractivity contribution is 0.341. The maximum atomic E-state index is 6.50. The van der Waals surface area contributed by atoms with Crippen LogP contribution >= 0.6 is 11.6 Å². The molecular weight excluding hydrogens is 420 g/mol. The number of allylic oxidation sites excluding steroid dienone is 3. The molecule has 0 amide bonds. The van der Waals surface area contributed by atoms with Crippen molar-refractivity contribution in [3.63, 3.8) is 0 Å². The zero-order valence-electron chi connectivity index (χ0n) is 19.3. The first kappa shape index (κ1) is 21.6. The van der Waals surface area contributed by atoms with E-state index in [4.69, 9.17) is 25.7 Å². The highest BCUT2D eigenvalue weighted by Gasteiger charge is 2.44. The van der Waals surface area contributed by atoms with Gasteiger partial charge in [-0.05, 0) is 54.7 Å². The molecule has 0 fully saturated rings. The van der Waals surface area contributed by atoms with E-state index in [1.807, 2.05) is 18.3 Å². The Hall–Kier alpha value is -2.20. The molecule has 4 bridgehead atoms. The van der Waals surface area contributed by atoms with E-state index in [-0.39, 0.29) is 0 Å². The van der Waals surface area contributed by atoms with Gasteiger partial charge >= 0.3 is 0 Å². The lowest BCUT2D eigenvalue weighted by Crippen LogP contribution is -2.19. The van der Waals surface area contributed by atoms with Crippen molar-refractivity contribution >= 4 is 22.9 Å². The van der Waals surface area contributed by atoms with Crippen LogP contribution in [0.15, 0.2) is 45.1 Å². The van der Waals surface area contributed by atoms with E-state index in [1.54, 1.807) is 7.11 Å². The topological polar surface area (TPSA) is 50.5 Å². The number of halogens is 1. The Morgan fingerprint density at radius 3 is 2.66 bits per heavy atom. The minimum atomic E-state index is 0.398. The number of rotatable bonds is 4. The molecule has 2 atom stereocenters. The molecule has 0 saturated carbocycles. The number of nitrogens with one attached hydrogen (secondary N) is 1. The van der Waals surface area contributed by atoms with Crippen LogP contribution < -0.4 is 4.74 Å². The van der Waals surface area contributed by atoms with Crippen molar-refractivity contribution < 1.29 is 9.15 Å². The summed E-state index contributed by atoms with van der Waals surface area (Å²) in [6, 6.07) is 3.80. The zero-order valence-corrected chi connectivity index (χ0v) is 20.1. The number of nitrogens with zero attached hydrogens (tertiary/aromatic N) is 1. The second-order valence-corrected chi connectivity index (χ2v) is 10.1. The number of fused-ring (bicyclic) bond motifs is 7. The summed E-state index contributed by atoms with van der Waals surface area (Å²) in [6.45, 7) is 4.69. The molecule has 170 valence electrons. The van der Waals surface area contributed by atoms with Gasteiger partial charge in [-0.25, -0.2) is 0 Å². The minimum Gasteiger partial charge on any atom is -0.493 e. The van der Waals surface area contributed by atoms with Gasteiger partial charge in [0.1, 0.15) is 5.69 Å². The lowest BCUT2D eigenvalue weighted by Gasteiger charge is -2.26. The Kier molecular flexibility index (Phi) is 6.07. The summed E-state index contributed by atoms with van der Waals surface area (Å²) < 4.78 is 12.3. The van der Waals surface area contributed by atoms with Crippen LogP contribution in [0.2, 0.25) is 5.02 Å². The van der Waals surface area contributed by atoms with E-state index in [1.165, 1.54) is 55.4 Å². The summed E-state index contributed by atoms with van der Waals surface area (Å²) in [6.07, 6.45) is 14.2. The van der Waals surface area contributed by atoms with Gasteiger partial charge in [-0.2, -0.15) is 0 Å². The van der Waals surface area contributed by atoms with Gasteiger partial charge < -0.3 is 14.1 Å². The average molecular weight is 453 g/mol. The number of hydrogen-bond acceptors (Lipinski definition) is 3. The number of aromatic amines is 1. The van der Waals surface area contributed by atoms with E-state index in [0.717, 1.165) is 35.7 Å². The number of aliphatic imine (C=N–C) groups is 1. The standard InChI is InChI=1S/C27H33ClN2O2/c1-16(2)23-18-11-9-7-5-4-6-8-10-17-14-19(23)25(30-17)24(18)27-22(31-3)15-21(32-27)26-20(28)12-13-29-26/h12-16,18,23,29H,4-11H2,1-3H3/t18-,23+/m1/s1. The predicted molar refractivity (Wildman–Crippen MR) is 131 cm³/mol. The van der Waals surface area contributed by atoms with E-state index in [2.05, 4.69) is 24.9 Å². The minimum absolute atomic E-state index is 0.398. The lowest BCUT2D eigenvalue weighted by atomic mass is 9.77. The highest BCUT2D eigenvalue weighted by molar-refractivity contribution is 6.33. The number of furan rings is 1. The third-order valence-electron chi connectivity index (χ3n) is 7.29. The first-order chi connectivity index (χ1) is 15.6. The third kappa shape index (κ3) is 3.77. The Bertz CT molecular complexity index is 1090. The fourth-order valence-electron chi connectivity index (χ4n) is 5.84. The molecule has 2 aromatic heterocycles. The van der Waals surface area contributed by atoms with Gasteiger partial charge in [0, 0.05) is 23.5 Å². The average Bonchev–Trinajstić information content (AvgIpc) is 3.51. The molecule has 32 heavy (non-hydrogen) atoms. The van der Waals surface area contributed by atoms with Crippen LogP contribution in [0.5, 0.6) is 5.75 Å². The van der Waals surface area contributed by atoms with E-state index >= 15 is 0 Å². The molecule has 4 aliphatic rings. The number of hydrogen-bond donors (Lipinski definition) is 1. The van der Waals surface area contributed by atoms with Crippen molar-refractivity contribution in [1.29, 1.82) is 0 Å². The molecule has 5 heteroatoms. The molecule has 6 rings (SSSR count). The summed E-state index contributed by atoms with van der Waals surface area (Å²) in [5.41, 5.74) is 5.80. The summed E-state index contributed by atoms with van der Waals surface area (Å²) in [5, 5.41) is 0.647. The Morgan fingerprint density at radius 2 is 1.94 bits per heavy atom. The van der Waals surface area contributed by atoms with Crippen molar-refractivity contribution in [2.45, 2.75) is 65.2 Å². The largest absolute Gasteiger partial charge is 0.493 e. The van der Waals surface area contributed by atoms with E-state index in [0.29, 0.717) is 28.5 Å². The monoisotopic (exact) mass is 452 g/mol. The maximum Gasteiger partial charge on any atom is 0.175 e. The van der Waals surface area contributed by atoms with Crippen LogP contribution in [0.1, 0.15) is 71.0 Å². The van der Waals surface area contributed by atoms with Gasteiger partial charge in [0.05, 0.1) is 17.8 Å². The molecule has 0 unspecified atom stereocenters. The second-order valence-electron chi connectivity index (χ2n) is 9.71. The van der Waals surface area contributed by atoms with Crippen molar-refractivity contribution in [3.8, 4) is 17.2 Å². The van der Waals surface area contributed by atoms with Crippen LogP contribution in [0.3, 0.4) is 0 Å². The number of H-pyrrole nitrogens is 1. The van der Waals surface area contributed by atoms with Crippen LogP contribution in [0.4, 0.5) is 0 Å². The molecule has 2 aliphatic heterocycles. The molecule has 1 N–H and O–H groups in total. The van der Waals surface area contributed by atoms with Crippen LogP contribution in [0.25, 0.3) is 17.0 Å². The molecule has 0 saturated heterocycles. The van der Waals surface area contributed by atoms with E-state index in [9.17, 15) is 0 Å². The highest BCUT2D eigenvalue weighted by Crippen LogP contribution is 2.56. The second kappa shape index (κ2) is 8.97. The Morgan fingerprint density at radius 1 is 1.16 bits per heavy atom. The number of aromatic nitrogens is 1. The van der Waals surface area contributed by atoms with Gasteiger partial charge in [0.15, 0.2) is 17.3 Å². The quantitative estimate of drug-likeness (QED) is 0.509. The van der Waals surface area contributed by atoms with Crippen molar-refractivity contribution in [2.75, 3.05) is 7.11 Å². The van der Waals surface area contributed by atoms with Gasteiger partial charge in [0.2, 0.25) is 0 Å². The Balaban J connectivity index is 1.65. The van der Waals surface area contributed by atoms with Gasteiger partial charge in [-0.1, -0.05) is 57.6 Å². The third-order valence-corrected chi connectivity index (χ3v) is 7.61. The first-order valence-electron chi connectivity index (χ1n) is 12.1. The molecule has 2 aliphatic carbocycles. The van der Waals surface area contributed by atoms with E-state index < -0.39 is 0 Å². The Labute approximate surface area is 195 Å². The normalized spacial score (nSPS) is 23.8. The molecule has 0 spiro atoms. The zero-order chi connectivity index (χ0) is 22.2. The highest BCUT2D eigenvalue weighted by atomic mass is 35.5. The summed E-state index contributed by atoms with van der Waals surface area (Å²) in [4.78, 5) is 8.38. The van der Waals surface area contributed by atoms with Gasteiger partial charge in [-0.15, -0.1) is 0 Å². The van der Waals surface area contributed by atoms with Gasteiger partial charge in [-0.3, -0.25) is 4.99 Å². The fraction of sp³-hybridized carbons (Fsp3) is 0.519. The molecule has 4 nitrogen and oxygen atoms in total. The summed E-state index contributed by atoms with van der Waals surface area (Å²) >= 11 is 6.39. The fourth-order valence-corrected chi connectivity index (χ4v) is 6.05. The number of ether oxygens (including phenoxy) is 1. The smallest absolute Gasteiger partial charge is 0.175 e. The van der Waals surface area contributed by atoms with Crippen molar-refractivity contribution in [1.82, 2.24) is 4.98 Å². The van der Waals surface area contributed by atoms with Gasteiger partial charge in [0.25, 0.3) is 0 Å². The van der Waals surface area contributed by atoms with Crippen LogP contribution in [-0.4, -0.2) is 17.8 Å². The molecule has 0 radical (unpaired) electrons. The van der Waals surface area contributed by atoms with Crippen molar-refractivity contribution in [2.24, 2.45) is 22.7 Å². The molecule has 2 aromatic rings. The predicted octanol–water partition coefficient (Wildman–Crippen LogP) is 8.07. The molecule has 0 aromatic carbocycles. The van der Waals surface area contributed by atoms with Crippen molar-refractivity contribution in [3.05, 3.63) is 46.5 Å². The summed E-state index contributed by atoms with van der Waals surface area (Å²) in [5.74, 6) is 3.69. The maximum absolute atomic E-state index is 6.50. The van der Waals surface area contributed by atoms with Crippen LogP contribution in [-0.2, 0) is 0 Å². The number of methoxy groups -OCH3 is 1. The SMILES string of the molecule is COc1cc(-c2[nH]ccc2Cl)oc1C1=C2N=C3C=C2[C@@H](C(C)C)[C@H]1CCCCCCCC3. The first-order valence-corrected chi connectivity index (χ1v) is 12.5. The molecular formula is C27H33ClN2O2.